The van der Waals surface area contributed by atoms with Crippen molar-refractivity contribution in [3.05, 3.63) is 202 Å². The average molecular weight is 591 g/mol. The van der Waals surface area contributed by atoms with Gasteiger partial charge in [-0.3, -0.25) is 0 Å². The molecule has 0 aliphatic rings. The van der Waals surface area contributed by atoms with Crippen LogP contribution in [-0.4, -0.2) is 10.2 Å². The molecular formula is C41H38N2O2. The summed E-state index contributed by atoms with van der Waals surface area (Å²) >= 11 is 0. The van der Waals surface area contributed by atoms with E-state index in [-0.39, 0.29) is 17.4 Å². The molecule has 6 aromatic rings. The summed E-state index contributed by atoms with van der Waals surface area (Å²) < 4.78 is 0. The fourth-order valence-corrected chi connectivity index (χ4v) is 6.60. The third-order valence-electron chi connectivity index (χ3n) is 9.02. The summed E-state index contributed by atoms with van der Waals surface area (Å²) in [6.45, 7) is 2.14. The van der Waals surface area contributed by atoms with E-state index in [2.05, 4.69) is 6.92 Å². The zero-order chi connectivity index (χ0) is 31.4. The van der Waals surface area contributed by atoms with Crippen LogP contribution in [0.5, 0.6) is 11.5 Å². The SMILES string of the molecule is CCC(c1ccc(O)c(C(N)(c2ccccc2)c2ccccc2)c1)c1ccc(O)c(C(N)(c2ccccc2)c2ccccc2)c1. The second-order valence-corrected chi connectivity index (χ2v) is 11.6. The highest BCUT2D eigenvalue weighted by atomic mass is 16.3. The van der Waals surface area contributed by atoms with Crippen molar-refractivity contribution < 1.29 is 10.2 Å². The zero-order valence-electron chi connectivity index (χ0n) is 25.3. The molecule has 0 bridgehead atoms. The van der Waals surface area contributed by atoms with Crippen LogP contribution in [0.2, 0.25) is 0 Å². The molecule has 0 saturated carbocycles. The molecule has 6 rings (SSSR count). The molecule has 45 heavy (non-hydrogen) atoms. The van der Waals surface area contributed by atoms with Gasteiger partial charge in [0.25, 0.3) is 0 Å². The van der Waals surface area contributed by atoms with E-state index in [0.29, 0.717) is 11.1 Å². The molecule has 0 aliphatic heterocycles. The van der Waals surface area contributed by atoms with Gasteiger partial charge in [-0.2, -0.15) is 0 Å². The van der Waals surface area contributed by atoms with Gasteiger partial charge in [-0.25, -0.2) is 0 Å². The first kappa shape index (κ1) is 29.9. The van der Waals surface area contributed by atoms with Crippen molar-refractivity contribution >= 4 is 0 Å². The van der Waals surface area contributed by atoms with Crippen LogP contribution in [0.15, 0.2) is 158 Å². The molecule has 4 nitrogen and oxygen atoms in total. The highest BCUT2D eigenvalue weighted by Gasteiger charge is 2.37. The fourth-order valence-electron chi connectivity index (χ4n) is 6.60. The summed E-state index contributed by atoms with van der Waals surface area (Å²) in [6.07, 6.45) is 0.775. The van der Waals surface area contributed by atoms with Crippen molar-refractivity contribution in [2.45, 2.75) is 30.3 Å². The summed E-state index contributed by atoms with van der Waals surface area (Å²) in [6, 6.07) is 51.0. The lowest BCUT2D eigenvalue weighted by Crippen LogP contribution is -2.39. The monoisotopic (exact) mass is 590 g/mol. The van der Waals surface area contributed by atoms with E-state index in [1.807, 2.05) is 146 Å². The first-order chi connectivity index (χ1) is 21.9. The van der Waals surface area contributed by atoms with Gasteiger partial charge in [0.1, 0.15) is 11.5 Å². The van der Waals surface area contributed by atoms with Gasteiger partial charge < -0.3 is 21.7 Å². The minimum atomic E-state index is -1.09. The molecule has 0 saturated heterocycles. The van der Waals surface area contributed by atoms with Gasteiger partial charge in [-0.15, -0.1) is 0 Å². The zero-order valence-corrected chi connectivity index (χ0v) is 25.3. The number of benzene rings is 6. The highest BCUT2D eigenvalue weighted by molar-refractivity contribution is 5.58. The van der Waals surface area contributed by atoms with Crippen LogP contribution in [-0.2, 0) is 11.1 Å². The second-order valence-electron chi connectivity index (χ2n) is 11.6. The van der Waals surface area contributed by atoms with Gasteiger partial charge in [0.2, 0.25) is 0 Å². The molecule has 0 radical (unpaired) electrons. The third-order valence-corrected chi connectivity index (χ3v) is 9.02. The minimum absolute atomic E-state index is 0.0599. The van der Waals surface area contributed by atoms with Gasteiger partial charge in [0.15, 0.2) is 0 Å². The lowest BCUT2D eigenvalue weighted by molar-refractivity contribution is 0.453. The summed E-state index contributed by atoms with van der Waals surface area (Å²) in [4.78, 5) is 0. The number of phenolic OH excluding ortho intramolecular Hbond substituents is 2. The van der Waals surface area contributed by atoms with E-state index < -0.39 is 11.1 Å². The molecule has 0 aromatic heterocycles. The predicted molar refractivity (Wildman–Crippen MR) is 182 cm³/mol. The number of phenols is 2. The molecule has 0 unspecified atom stereocenters. The van der Waals surface area contributed by atoms with Crippen LogP contribution < -0.4 is 11.5 Å². The van der Waals surface area contributed by atoms with Crippen LogP contribution in [0.1, 0.15) is 63.8 Å². The van der Waals surface area contributed by atoms with E-state index in [1.54, 1.807) is 12.1 Å². The van der Waals surface area contributed by atoms with Crippen molar-refractivity contribution in [1.29, 1.82) is 0 Å². The normalized spacial score (nSPS) is 11.9. The van der Waals surface area contributed by atoms with E-state index in [1.165, 1.54) is 0 Å². The number of nitrogens with two attached hydrogens (primary N) is 2. The van der Waals surface area contributed by atoms with Crippen molar-refractivity contribution in [2.24, 2.45) is 11.5 Å². The van der Waals surface area contributed by atoms with E-state index >= 15 is 0 Å². The number of aromatic hydroxyl groups is 2. The Morgan fingerprint density at radius 1 is 0.467 bits per heavy atom. The summed E-state index contributed by atoms with van der Waals surface area (Å²) in [5.74, 6) is 0.198. The standard InChI is InChI=1S/C41H38N2O2/c1-2-35(29-23-25-38(44)36(27-29)40(42,31-15-7-3-8-16-31)32-17-9-4-10-18-32)30-24-26-39(45)37(28-30)41(43,33-19-11-5-12-20-33)34-21-13-6-14-22-34/h3-28,35,44-45H,2,42-43H2,1H3. The van der Waals surface area contributed by atoms with Gasteiger partial charge >= 0.3 is 0 Å². The van der Waals surface area contributed by atoms with Gasteiger partial charge in [-0.1, -0.05) is 140 Å². The molecule has 0 amide bonds. The summed E-state index contributed by atoms with van der Waals surface area (Å²) in [5, 5.41) is 22.7. The van der Waals surface area contributed by atoms with Gasteiger partial charge in [0.05, 0.1) is 11.1 Å². The maximum atomic E-state index is 11.3. The topological polar surface area (TPSA) is 92.5 Å². The quantitative estimate of drug-likeness (QED) is 0.128. The van der Waals surface area contributed by atoms with Crippen molar-refractivity contribution in [3.8, 4) is 11.5 Å². The lowest BCUT2D eigenvalue weighted by atomic mass is 9.74. The number of hydrogen-bond donors (Lipinski definition) is 4. The van der Waals surface area contributed by atoms with Crippen molar-refractivity contribution in [3.63, 3.8) is 0 Å². The molecular weight excluding hydrogens is 552 g/mol. The van der Waals surface area contributed by atoms with E-state index in [0.717, 1.165) is 39.8 Å². The van der Waals surface area contributed by atoms with Crippen LogP contribution in [0.25, 0.3) is 0 Å². The molecule has 6 aromatic carbocycles. The predicted octanol–water partition coefficient (Wildman–Crippen LogP) is 8.14. The van der Waals surface area contributed by atoms with E-state index in [4.69, 9.17) is 11.5 Å². The average Bonchev–Trinajstić information content (AvgIpc) is 3.10. The molecule has 0 fully saturated rings. The molecule has 224 valence electrons. The first-order valence-electron chi connectivity index (χ1n) is 15.3. The maximum Gasteiger partial charge on any atom is 0.121 e. The van der Waals surface area contributed by atoms with Crippen molar-refractivity contribution in [2.75, 3.05) is 0 Å². The van der Waals surface area contributed by atoms with Crippen LogP contribution >= 0.6 is 0 Å². The first-order valence-corrected chi connectivity index (χ1v) is 15.3. The molecule has 0 spiro atoms. The summed E-state index contributed by atoms with van der Waals surface area (Å²) in [7, 11) is 0. The Labute approximate surface area is 265 Å². The Kier molecular flexibility index (Phi) is 8.27. The Hall–Kier alpha value is -5.16. The van der Waals surface area contributed by atoms with Crippen LogP contribution in [0, 0.1) is 0 Å². The molecule has 0 heterocycles. The highest BCUT2D eigenvalue weighted by Crippen LogP contribution is 2.44. The van der Waals surface area contributed by atoms with Crippen molar-refractivity contribution in [1.82, 2.24) is 0 Å². The van der Waals surface area contributed by atoms with E-state index in [9.17, 15) is 10.2 Å². The largest absolute Gasteiger partial charge is 0.508 e. The fraction of sp³-hybridized carbons (Fsp3) is 0.122. The summed E-state index contributed by atoms with van der Waals surface area (Å²) in [5.41, 5.74) is 19.2. The smallest absolute Gasteiger partial charge is 0.121 e. The third kappa shape index (κ3) is 5.40. The molecule has 0 aliphatic carbocycles. The van der Waals surface area contributed by atoms with Gasteiger partial charge in [-0.05, 0) is 64.1 Å². The van der Waals surface area contributed by atoms with Crippen LogP contribution in [0.3, 0.4) is 0 Å². The number of rotatable bonds is 9. The Morgan fingerprint density at radius 2 is 0.756 bits per heavy atom. The molecule has 4 heteroatoms. The van der Waals surface area contributed by atoms with Crippen LogP contribution in [0.4, 0.5) is 0 Å². The second kappa shape index (κ2) is 12.4. The number of hydrogen-bond acceptors (Lipinski definition) is 4. The Balaban J connectivity index is 1.51. The van der Waals surface area contributed by atoms with Gasteiger partial charge in [0, 0.05) is 17.0 Å². The molecule has 0 atom stereocenters. The Morgan fingerprint density at radius 3 is 1.02 bits per heavy atom. The maximum absolute atomic E-state index is 11.3. The lowest BCUT2D eigenvalue weighted by Gasteiger charge is -2.34. The Bertz CT molecular complexity index is 1660. The molecule has 6 N–H and O–H groups in total. The minimum Gasteiger partial charge on any atom is -0.508 e.